The van der Waals surface area contributed by atoms with Crippen LogP contribution in [0.1, 0.15) is 34.2 Å². The van der Waals surface area contributed by atoms with E-state index in [1.807, 2.05) is 49.4 Å². The van der Waals surface area contributed by atoms with Gasteiger partial charge in [-0.2, -0.15) is 5.26 Å². The molecule has 0 aliphatic carbocycles. The van der Waals surface area contributed by atoms with Gasteiger partial charge in [-0.15, -0.1) is 0 Å². The summed E-state index contributed by atoms with van der Waals surface area (Å²) in [5.41, 5.74) is 4.64. The Hall–Kier alpha value is -3.52. The summed E-state index contributed by atoms with van der Waals surface area (Å²) >= 11 is 0. The molecule has 0 spiro atoms. The van der Waals surface area contributed by atoms with E-state index < -0.39 is 5.97 Å². The van der Waals surface area contributed by atoms with E-state index in [9.17, 15) is 15.2 Å². The summed E-state index contributed by atoms with van der Waals surface area (Å²) in [5.74, 6) is -1.03. The third-order valence-electron chi connectivity index (χ3n) is 4.68. The Morgan fingerprint density at radius 1 is 1.15 bits per heavy atom. The zero-order chi connectivity index (χ0) is 19.4. The van der Waals surface area contributed by atoms with Crippen LogP contribution in [0.15, 0.2) is 54.6 Å². The fraction of sp³-hybridized carbons (Fsp3) is 0.182. The number of nitriles is 1. The number of nitrogens with one attached hydrogen (secondary N) is 1. The second-order valence-corrected chi connectivity index (χ2v) is 6.29. The van der Waals surface area contributed by atoms with Crippen LogP contribution in [-0.2, 0) is 20.0 Å². The first-order valence-electron chi connectivity index (χ1n) is 8.80. The summed E-state index contributed by atoms with van der Waals surface area (Å²) in [6.45, 7) is 2.62. The van der Waals surface area contributed by atoms with Gasteiger partial charge in [-0.3, -0.25) is 0 Å². The van der Waals surface area contributed by atoms with Crippen molar-refractivity contribution in [2.45, 2.75) is 19.9 Å². The number of carbonyl (C=O) groups is 1. The van der Waals surface area contributed by atoms with Crippen molar-refractivity contribution in [1.82, 2.24) is 4.57 Å². The Morgan fingerprint density at radius 3 is 2.37 bits per heavy atom. The number of carboxylic acids is 1. The average molecular weight is 359 g/mol. The Balaban J connectivity index is 1.93. The molecular weight excluding hydrogens is 338 g/mol. The van der Waals surface area contributed by atoms with Crippen molar-refractivity contribution in [3.05, 3.63) is 77.1 Å². The molecule has 0 aliphatic rings. The first-order valence-corrected chi connectivity index (χ1v) is 8.80. The van der Waals surface area contributed by atoms with E-state index in [0.29, 0.717) is 24.1 Å². The molecule has 0 radical (unpaired) electrons. The molecule has 5 heteroatoms. The van der Waals surface area contributed by atoms with Crippen molar-refractivity contribution in [2.75, 3.05) is 5.32 Å². The number of rotatable bonds is 6. The molecule has 27 heavy (non-hydrogen) atoms. The zero-order valence-corrected chi connectivity index (χ0v) is 15.4. The molecule has 0 unspecified atom stereocenters. The Bertz CT molecular complexity index is 997. The van der Waals surface area contributed by atoms with Gasteiger partial charge in [-0.25, -0.2) is 4.79 Å². The van der Waals surface area contributed by atoms with Gasteiger partial charge in [0, 0.05) is 30.5 Å². The highest BCUT2D eigenvalue weighted by atomic mass is 16.4. The fourth-order valence-corrected chi connectivity index (χ4v) is 3.35. The van der Waals surface area contributed by atoms with Crippen molar-refractivity contribution in [2.24, 2.45) is 7.05 Å². The highest BCUT2D eigenvalue weighted by molar-refractivity contribution is 5.97. The molecular formula is C22H21N3O2. The fourth-order valence-electron chi connectivity index (χ4n) is 3.35. The van der Waals surface area contributed by atoms with Crippen molar-refractivity contribution in [3.8, 4) is 17.2 Å². The van der Waals surface area contributed by atoms with Gasteiger partial charge in [0.05, 0.1) is 5.56 Å². The van der Waals surface area contributed by atoms with Gasteiger partial charge >= 0.3 is 5.97 Å². The predicted molar refractivity (Wildman–Crippen MR) is 106 cm³/mol. The number of benzene rings is 2. The Labute approximate surface area is 158 Å². The van der Waals surface area contributed by atoms with Crippen LogP contribution in [0.2, 0.25) is 0 Å². The highest BCUT2D eigenvalue weighted by Gasteiger charge is 2.25. The maximum Gasteiger partial charge on any atom is 0.353 e. The average Bonchev–Trinajstić information content (AvgIpc) is 2.99. The number of hydrogen-bond donors (Lipinski definition) is 2. The Kier molecular flexibility index (Phi) is 5.28. The van der Waals surface area contributed by atoms with Gasteiger partial charge < -0.3 is 15.0 Å². The molecule has 0 saturated heterocycles. The van der Waals surface area contributed by atoms with E-state index >= 15 is 0 Å². The lowest BCUT2D eigenvalue weighted by molar-refractivity contribution is 0.0687. The van der Waals surface area contributed by atoms with Gasteiger partial charge in [0.25, 0.3) is 0 Å². The van der Waals surface area contributed by atoms with E-state index in [-0.39, 0.29) is 5.69 Å². The Morgan fingerprint density at radius 2 is 1.81 bits per heavy atom. The summed E-state index contributed by atoms with van der Waals surface area (Å²) in [5, 5.41) is 22.6. The van der Waals surface area contributed by atoms with Gasteiger partial charge in [0.1, 0.15) is 11.8 Å². The van der Waals surface area contributed by atoms with Crippen LogP contribution in [0.25, 0.3) is 11.1 Å². The maximum atomic E-state index is 11.8. The SMILES string of the molecule is CCc1c(C#N)c(-c2ccc(NCc3ccccc3)cc2)c(C(=O)O)n1C. The van der Waals surface area contributed by atoms with Gasteiger partial charge in [0.15, 0.2) is 0 Å². The van der Waals surface area contributed by atoms with Crippen molar-refractivity contribution in [3.63, 3.8) is 0 Å². The monoisotopic (exact) mass is 359 g/mol. The summed E-state index contributed by atoms with van der Waals surface area (Å²) < 4.78 is 1.61. The van der Waals surface area contributed by atoms with Crippen LogP contribution < -0.4 is 5.32 Å². The molecule has 0 saturated carbocycles. The summed E-state index contributed by atoms with van der Waals surface area (Å²) in [4.78, 5) is 11.8. The number of nitrogens with zero attached hydrogens (tertiary/aromatic N) is 2. The number of aromatic carboxylic acids is 1. The lowest BCUT2D eigenvalue weighted by Gasteiger charge is -2.08. The van der Waals surface area contributed by atoms with Crippen LogP contribution >= 0.6 is 0 Å². The van der Waals surface area contributed by atoms with Crippen LogP contribution in [0, 0.1) is 11.3 Å². The summed E-state index contributed by atoms with van der Waals surface area (Å²) in [7, 11) is 1.70. The van der Waals surface area contributed by atoms with E-state index in [1.165, 1.54) is 5.56 Å². The smallest absolute Gasteiger partial charge is 0.353 e. The second-order valence-electron chi connectivity index (χ2n) is 6.29. The molecule has 3 aromatic rings. The van der Waals surface area contributed by atoms with E-state index in [4.69, 9.17) is 0 Å². The van der Waals surface area contributed by atoms with Gasteiger partial charge in [0.2, 0.25) is 0 Å². The van der Waals surface area contributed by atoms with Crippen molar-refractivity contribution < 1.29 is 9.90 Å². The number of hydrogen-bond acceptors (Lipinski definition) is 3. The van der Waals surface area contributed by atoms with Crippen LogP contribution in [-0.4, -0.2) is 15.6 Å². The molecule has 2 aromatic carbocycles. The normalized spacial score (nSPS) is 10.4. The molecule has 2 N–H and O–H groups in total. The van der Waals surface area contributed by atoms with Gasteiger partial charge in [-0.1, -0.05) is 49.4 Å². The molecule has 0 bridgehead atoms. The maximum absolute atomic E-state index is 11.8. The molecule has 1 heterocycles. The second kappa shape index (κ2) is 7.79. The quantitative estimate of drug-likeness (QED) is 0.682. The highest BCUT2D eigenvalue weighted by Crippen LogP contribution is 2.33. The largest absolute Gasteiger partial charge is 0.477 e. The number of aromatic nitrogens is 1. The van der Waals surface area contributed by atoms with Crippen LogP contribution in [0.5, 0.6) is 0 Å². The molecule has 0 aliphatic heterocycles. The minimum atomic E-state index is -1.03. The van der Waals surface area contributed by atoms with Crippen LogP contribution in [0.3, 0.4) is 0 Å². The lowest BCUT2D eigenvalue weighted by Crippen LogP contribution is -2.07. The molecule has 0 atom stereocenters. The summed E-state index contributed by atoms with van der Waals surface area (Å²) in [6, 6.07) is 19.8. The van der Waals surface area contributed by atoms with Crippen molar-refractivity contribution >= 4 is 11.7 Å². The first kappa shape index (κ1) is 18.3. The van der Waals surface area contributed by atoms with E-state index in [0.717, 1.165) is 16.9 Å². The molecule has 0 amide bonds. The minimum Gasteiger partial charge on any atom is -0.477 e. The molecule has 136 valence electrons. The standard InChI is InChI=1S/C22H21N3O2/c1-3-19-18(13-23)20(21(22(26)27)25(19)2)16-9-11-17(12-10-16)24-14-15-7-5-4-6-8-15/h4-12,24H,3,14H2,1-2H3,(H,26,27). The lowest BCUT2D eigenvalue weighted by atomic mass is 9.99. The molecule has 3 rings (SSSR count). The molecule has 0 fully saturated rings. The zero-order valence-electron chi connectivity index (χ0n) is 15.4. The number of anilines is 1. The third-order valence-corrected chi connectivity index (χ3v) is 4.68. The number of carboxylic acid groups (broad SMARTS) is 1. The van der Waals surface area contributed by atoms with Crippen LogP contribution in [0.4, 0.5) is 5.69 Å². The third kappa shape index (κ3) is 3.56. The van der Waals surface area contributed by atoms with E-state index in [1.54, 1.807) is 11.6 Å². The minimum absolute atomic E-state index is 0.147. The van der Waals surface area contributed by atoms with Crippen molar-refractivity contribution in [1.29, 1.82) is 5.26 Å². The van der Waals surface area contributed by atoms with E-state index in [2.05, 4.69) is 23.5 Å². The van der Waals surface area contributed by atoms with Gasteiger partial charge in [-0.05, 0) is 29.7 Å². The summed E-state index contributed by atoms with van der Waals surface area (Å²) in [6.07, 6.45) is 0.594. The molecule has 1 aromatic heterocycles. The molecule has 5 nitrogen and oxygen atoms in total. The first-order chi connectivity index (χ1) is 13.1. The predicted octanol–water partition coefficient (Wildman–Crippen LogP) is 4.44. The topological polar surface area (TPSA) is 78.1 Å².